The molecule has 0 atom stereocenters. The monoisotopic (exact) mass is 286 g/mol. The number of hydrogen-bond acceptors (Lipinski definition) is 2. The summed E-state index contributed by atoms with van der Waals surface area (Å²) in [5.41, 5.74) is 28.7. The Bertz CT molecular complexity index is 121. The van der Waals surface area contributed by atoms with Crippen LogP contribution in [0.25, 0.3) is 22.9 Å². The summed E-state index contributed by atoms with van der Waals surface area (Å²) in [6.07, 6.45) is 0. The van der Waals surface area contributed by atoms with Gasteiger partial charge in [0.2, 0.25) is 0 Å². The van der Waals surface area contributed by atoms with Gasteiger partial charge in [-0.15, -0.1) is 26.2 Å². The second kappa shape index (κ2) is 14.3. The van der Waals surface area contributed by atoms with E-state index in [1.54, 1.807) is 0 Å². The molecule has 0 aliphatic heterocycles. The van der Waals surface area contributed by atoms with Crippen LogP contribution in [0.15, 0.2) is 0 Å². The first-order valence-electron chi connectivity index (χ1n) is 5.81. The van der Waals surface area contributed by atoms with E-state index in [4.69, 9.17) is 22.9 Å². The smallest absolute Gasteiger partial charge is 0.0108 e. The molecule has 7 heteroatoms. The summed E-state index contributed by atoms with van der Waals surface area (Å²) in [6.45, 7) is 6.04. The maximum Gasteiger partial charge on any atom is 0.0108 e. The third kappa shape index (κ3) is 11.1. The SMILES string of the molecule is [NH-]CCN(CC[NH-])CCN(CC[NH-])CC[NH-].[Ni]. The zero-order chi connectivity index (χ0) is 12.2. The molecule has 0 amide bonds. The van der Waals surface area contributed by atoms with E-state index in [1.807, 2.05) is 0 Å². The van der Waals surface area contributed by atoms with Crippen LogP contribution < -0.4 is 0 Å². The van der Waals surface area contributed by atoms with Gasteiger partial charge in [0.1, 0.15) is 0 Å². The minimum absolute atomic E-state index is 0. The molecule has 0 aromatic carbocycles. The second-order valence-corrected chi connectivity index (χ2v) is 3.68. The molecule has 0 aliphatic carbocycles. The summed E-state index contributed by atoms with van der Waals surface area (Å²) in [6, 6.07) is 0. The Labute approximate surface area is 115 Å². The molecule has 17 heavy (non-hydrogen) atoms. The fraction of sp³-hybridized carbons (Fsp3) is 1.00. The molecule has 0 radical (unpaired) electrons. The zero-order valence-corrected chi connectivity index (χ0v) is 11.3. The van der Waals surface area contributed by atoms with Gasteiger partial charge in [-0.25, -0.2) is 0 Å². The van der Waals surface area contributed by atoms with Crippen molar-refractivity contribution in [3.63, 3.8) is 0 Å². The van der Waals surface area contributed by atoms with Gasteiger partial charge in [0.15, 0.2) is 0 Å². The molecule has 0 heterocycles. The molecule has 6 nitrogen and oxygen atoms in total. The molecular formula is C10H24N6Ni-4. The summed E-state index contributed by atoms with van der Waals surface area (Å²) < 4.78 is 0. The van der Waals surface area contributed by atoms with Gasteiger partial charge in [0, 0.05) is 29.6 Å². The molecule has 108 valence electrons. The maximum atomic E-state index is 7.18. The number of nitrogens with one attached hydrogen (secondary N) is 4. The van der Waals surface area contributed by atoms with E-state index >= 15 is 0 Å². The molecule has 0 bridgehead atoms. The van der Waals surface area contributed by atoms with Crippen LogP contribution in [0.1, 0.15) is 0 Å². The number of hydrogen-bond donors (Lipinski definition) is 0. The molecule has 0 aliphatic rings. The van der Waals surface area contributed by atoms with Crippen molar-refractivity contribution >= 4 is 0 Å². The van der Waals surface area contributed by atoms with Gasteiger partial charge in [-0.3, -0.25) is 0 Å². The van der Waals surface area contributed by atoms with Crippen LogP contribution in [0.3, 0.4) is 0 Å². The second-order valence-electron chi connectivity index (χ2n) is 3.68. The molecule has 0 spiro atoms. The van der Waals surface area contributed by atoms with Gasteiger partial charge in [0.05, 0.1) is 0 Å². The fourth-order valence-corrected chi connectivity index (χ4v) is 1.59. The molecule has 0 aromatic heterocycles. The van der Waals surface area contributed by atoms with Crippen LogP contribution in [0.4, 0.5) is 0 Å². The Hall–Kier alpha value is 0.254. The molecular weight excluding hydrogens is 263 g/mol. The molecule has 0 saturated carbocycles. The van der Waals surface area contributed by atoms with Gasteiger partial charge < -0.3 is 32.7 Å². The van der Waals surface area contributed by atoms with Crippen LogP contribution in [-0.2, 0) is 16.5 Å². The van der Waals surface area contributed by atoms with Gasteiger partial charge in [-0.1, -0.05) is 0 Å². The first-order chi connectivity index (χ1) is 7.78. The van der Waals surface area contributed by atoms with E-state index in [9.17, 15) is 0 Å². The van der Waals surface area contributed by atoms with Crippen LogP contribution in [-0.4, -0.2) is 75.2 Å². The van der Waals surface area contributed by atoms with E-state index < -0.39 is 0 Å². The van der Waals surface area contributed by atoms with Crippen molar-refractivity contribution in [3.8, 4) is 0 Å². The van der Waals surface area contributed by atoms with Gasteiger partial charge in [0.25, 0.3) is 0 Å². The largest absolute Gasteiger partial charge is 0.676 e. The standard InChI is InChI=1S/C10H24N6.Ni/c11-1-5-15(6-2-12)9-10-16(7-3-13)8-4-14;/h11-14H,1-10H2;/q-4;. The zero-order valence-electron chi connectivity index (χ0n) is 10.3. The van der Waals surface area contributed by atoms with Crippen molar-refractivity contribution in [3.05, 3.63) is 22.9 Å². The normalized spacial score (nSPS) is 10.9. The molecule has 0 aromatic rings. The predicted molar refractivity (Wildman–Crippen MR) is 69.6 cm³/mol. The first-order valence-corrected chi connectivity index (χ1v) is 5.81. The Morgan fingerprint density at radius 3 is 0.882 bits per heavy atom. The summed E-state index contributed by atoms with van der Waals surface area (Å²) in [7, 11) is 0. The molecule has 0 unspecified atom stereocenters. The Kier molecular flexibility index (Phi) is 16.5. The average Bonchev–Trinajstić information content (AvgIpc) is 2.27. The molecule has 4 N–H and O–H groups in total. The fourth-order valence-electron chi connectivity index (χ4n) is 1.59. The van der Waals surface area contributed by atoms with Crippen molar-refractivity contribution in [1.82, 2.24) is 9.80 Å². The first kappa shape index (κ1) is 19.6. The third-order valence-corrected chi connectivity index (χ3v) is 2.44. The van der Waals surface area contributed by atoms with Crippen molar-refractivity contribution in [2.75, 3.05) is 65.4 Å². The Morgan fingerprint density at radius 2 is 0.706 bits per heavy atom. The van der Waals surface area contributed by atoms with Gasteiger partial charge in [-0.2, -0.15) is 0 Å². The summed E-state index contributed by atoms with van der Waals surface area (Å²) in [5.74, 6) is 0. The summed E-state index contributed by atoms with van der Waals surface area (Å²) in [5, 5.41) is 0. The number of rotatable bonds is 11. The third-order valence-electron chi connectivity index (χ3n) is 2.44. The minimum atomic E-state index is 0. The van der Waals surface area contributed by atoms with E-state index in [1.165, 1.54) is 0 Å². The minimum Gasteiger partial charge on any atom is -0.676 e. The average molecular weight is 287 g/mol. The molecule has 0 fully saturated rings. The van der Waals surface area contributed by atoms with Crippen LogP contribution in [0.5, 0.6) is 0 Å². The molecule has 0 rings (SSSR count). The van der Waals surface area contributed by atoms with Gasteiger partial charge in [-0.05, 0) is 26.2 Å². The Balaban J connectivity index is 0. The number of nitrogens with zero attached hydrogens (tertiary/aromatic N) is 2. The van der Waals surface area contributed by atoms with Crippen LogP contribution in [0, 0.1) is 0 Å². The quantitative estimate of drug-likeness (QED) is 0.541. The summed E-state index contributed by atoms with van der Waals surface area (Å²) in [4.78, 5) is 4.22. The van der Waals surface area contributed by atoms with E-state index in [0.29, 0.717) is 52.4 Å². The maximum absolute atomic E-state index is 7.18. The topological polar surface area (TPSA) is 102 Å². The van der Waals surface area contributed by atoms with Crippen molar-refractivity contribution < 1.29 is 16.5 Å². The van der Waals surface area contributed by atoms with Crippen LogP contribution >= 0.6 is 0 Å². The van der Waals surface area contributed by atoms with Crippen LogP contribution in [0.2, 0.25) is 0 Å². The Morgan fingerprint density at radius 1 is 0.471 bits per heavy atom. The van der Waals surface area contributed by atoms with Crippen molar-refractivity contribution in [2.24, 2.45) is 0 Å². The molecule has 0 saturated heterocycles. The van der Waals surface area contributed by atoms with Crippen molar-refractivity contribution in [2.45, 2.75) is 0 Å². The van der Waals surface area contributed by atoms with Gasteiger partial charge >= 0.3 is 0 Å². The van der Waals surface area contributed by atoms with E-state index in [-0.39, 0.29) is 16.5 Å². The predicted octanol–water partition coefficient (Wildman–Crippen LogP) is 1.80. The van der Waals surface area contributed by atoms with E-state index in [2.05, 4.69) is 9.80 Å². The summed E-state index contributed by atoms with van der Waals surface area (Å²) >= 11 is 0. The van der Waals surface area contributed by atoms with Crippen molar-refractivity contribution in [1.29, 1.82) is 0 Å². The van der Waals surface area contributed by atoms with E-state index in [0.717, 1.165) is 13.1 Å².